The van der Waals surface area contributed by atoms with Crippen LogP contribution in [0.3, 0.4) is 0 Å². The van der Waals surface area contributed by atoms with E-state index >= 15 is 0 Å². The molecule has 4 aliphatic rings. The molecule has 33 heavy (non-hydrogen) atoms. The molecule has 0 aromatic rings. The van der Waals surface area contributed by atoms with Crippen LogP contribution < -0.4 is 0 Å². The number of carbonyl (C=O) groups is 4. The van der Waals surface area contributed by atoms with Crippen molar-refractivity contribution in [3.05, 3.63) is 36.0 Å². The van der Waals surface area contributed by atoms with E-state index in [0.29, 0.717) is 12.8 Å². The molecule has 0 heterocycles. The number of allylic oxidation sites excluding steroid dienone is 6. The van der Waals surface area contributed by atoms with Crippen molar-refractivity contribution in [3.8, 4) is 0 Å². The number of ether oxygens (including phenoxy) is 1. The van der Waals surface area contributed by atoms with E-state index in [-0.39, 0.29) is 48.1 Å². The molecule has 6 heteroatoms. The smallest absolute Gasteiger partial charge is 0.306 e. The summed E-state index contributed by atoms with van der Waals surface area (Å²) in [5.74, 6) is -1.96. The zero-order chi connectivity index (χ0) is 24.2. The molecule has 2 fully saturated rings. The van der Waals surface area contributed by atoms with E-state index < -0.39 is 34.8 Å². The second-order valence-corrected chi connectivity index (χ2v) is 10.7. The van der Waals surface area contributed by atoms with Gasteiger partial charge in [0.2, 0.25) is 5.78 Å². The van der Waals surface area contributed by atoms with Gasteiger partial charge >= 0.3 is 5.97 Å². The first kappa shape index (κ1) is 23.8. The largest absolute Gasteiger partial charge is 0.450 e. The lowest BCUT2D eigenvalue weighted by molar-refractivity contribution is -0.195. The SMILES string of the molecule is CCCCC(=O)O[C@@]1(C(=O)CO)[C@H](C)C[C@H]2[C@@H]3C=CC4=CC(=O)C=C[C@]4(C)[C@H]3C(=O)C[C@@]21C. The number of fused-ring (bicyclic) bond motifs is 5. The molecule has 7 atom stereocenters. The number of hydrogen-bond donors (Lipinski definition) is 1. The third-order valence-electron chi connectivity index (χ3n) is 8.93. The highest BCUT2D eigenvalue weighted by Gasteiger charge is 2.72. The van der Waals surface area contributed by atoms with Gasteiger partial charge in [-0.1, -0.05) is 52.3 Å². The summed E-state index contributed by atoms with van der Waals surface area (Å²) in [6, 6.07) is 0. The van der Waals surface area contributed by atoms with Crippen LogP contribution in [0.25, 0.3) is 0 Å². The molecule has 4 aliphatic carbocycles. The van der Waals surface area contributed by atoms with Crippen molar-refractivity contribution in [2.24, 2.45) is 34.5 Å². The summed E-state index contributed by atoms with van der Waals surface area (Å²) in [4.78, 5) is 51.8. The minimum atomic E-state index is -1.53. The lowest BCUT2D eigenvalue weighted by Crippen LogP contribution is -2.63. The zero-order valence-corrected chi connectivity index (χ0v) is 19.9. The number of aliphatic hydroxyl groups excluding tert-OH is 1. The van der Waals surface area contributed by atoms with E-state index in [1.165, 1.54) is 6.08 Å². The Hall–Kier alpha value is -2.34. The van der Waals surface area contributed by atoms with Crippen LogP contribution in [0.4, 0.5) is 0 Å². The number of rotatable bonds is 6. The van der Waals surface area contributed by atoms with Gasteiger partial charge < -0.3 is 9.84 Å². The Kier molecular flexibility index (Phi) is 5.88. The van der Waals surface area contributed by atoms with Crippen LogP contribution in [-0.2, 0) is 23.9 Å². The lowest BCUT2D eigenvalue weighted by atomic mass is 9.48. The third kappa shape index (κ3) is 3.24. The molecule has 0 saturated heterocycles. The van der Waals surface area contributed by atoms with Gasteiger partial charge in [0.25, 0.3) is 0 Å². The van der Waals surface area contributed by atoms with Gasteiger partial charge in [-0.05, 0) is 42.4 Å². The molecular formula is C27H34O6. The van der Waals surface area contributed by atoms with Crippen molar-refractivity contribution in [2.75, 3.05) is 6.61 Å². The van der Waals surface area contributed by atoms with Crippen molar-refractivity contribution in [2.45, 2.75) is 65.4 Å². The number of hydrogen-bond acceptors (Lipinski definition) is 6. The molecule has 0 aromatic carbocycles. The van der Waals surface area contributed by atoms with Crippen LogP contribution in [0.1, 0.15) is 59.8 Å². The van der Waals surface area contributed by atoms with Crippen LogP contribution in [0.15, 0.2) is 36.0 Å². The average molecular weight is 455 g/mol. The highest BCUT2D eigenvalue weighted by atomic mass is 16.6. The molecule has 0 spiro atoms. The monoisotopic (exact) mass is 454 g/mol. The Labute approximate surface area is 195 Å². The summed E-state index contributed by atoms with van der Waals surface area (Å²) in [5, 5.41) is 9.90. The Morgan fingerprint density at radius 2 is 1.94 bits per heavy atom. The second-order valence-electron chi connectivity index (χ2n) is 10.7. The van der Waals surface area contributed by atoms with Crippen LogP contribution in [0.2, 0.25) is 0 Å². The Morgan fingerprint density at radius 1 is 1.21 bits per heavy atom. The molecular weight excluding hydrogens is 420 g/mol. The average Bonchev–Trinajstić information content (AvgIpc) is 2.99. The highest BCUT2D eigenvalue weighted by molar-refractivity contribution is 6.02. The Balaban J connectivity index is 1.80. The zero-order valence-electron chi connectivity index (χ0n) is 19.9. The molecule has 0 aromatic heterocycles. The van der Waals surface area contributed by atoms with Gasteiger partial charge in [-0.25, -0.2) is 0 Å². The minimum absolute atomic E-state index is 0.00400. The summed E-state index contributed by atoms with van der Waals surface area (Å²) in [6.45, 7) is 7.02. The van der Waals surface area contributed by atoms with Crippen LogP contribution >= 0.6 is 0 Å². The van der Waals surface area contributed by atoms with Crippen molar-refractivity contribution in [1.82, 2.24) is 0 Å². The minimum Gasteiger partial charge on any atom is -0.450 e. The number of esters is 1. The normalized spacial score (nSPS) is 41.2. The number of aliphatic hydroxyl groups is 1. The third-order valence-corrected chi connectivity index (χ3v) is 8.93. The molecule has 1 N–H and O–H groups in total. The molecule has 0 radical (unpaired) electrons. The number of unbranched alkanes of at least 4 members (excludes halogenated alkanes) is 1. The van der Waals surface area contributed by atoms with E-state index in [9.17, 15) is 24.3 Å². The van der Waals surface area contributed by atoms with E-state index in [1.807, 2.05) is 45.9 Å². The Bertz CT molecular complexity index is 989. The molecule has 178 valence electrons. The molecule has 0 bridgehead atoms. The maximum Gasteiger partial charge on any atom is 0.306 e. The van der Waals surface area contributed by atoms with E-state index in [2.05, 4.69) is 0 Å². The molecule has 0 amide bonds. The summed E-state index contributed by atoms with van der Waals surface area (Å²) in [6.07, 6.45) is 11.3. The number of carbonyl (C=O) groups excluding carboxylic acids is 4. The fraction of sp³-hybridized carbons (Fsp3) is 0.630. The van der Waals surface area contributed by atoms with Gasteiger partial charge in [-0.3, -0.25) is 19.2 Å². The summed E-state index contributed by atoms with van der Waals surface area (Å²) in [7, 11) is 0. The summed E-state index contributed by atoms with van der Waals surface area (Å²) < 4.78 is 6.02. The fourth-order valence-electron chi connectivity index (χ4n) is 7.36. The molecule has 4 rings (SSSR count). The summed E-state index contributed by atoms with van der Waals surface area (Å²) in [5.41, 5.74) is -2.19. The predicted molar refractivity (Wildman–Crippen MR) is 122 cm³/mol. The van der Waals surface area contributed by atoms with Gasteiger partial charge in [0.05, 0.1) is 0 Å². The van der Waals surface area contributed by atoms with Crippen molar-refractivity contribution in [1.29, 1.82) is 0 Å². The van der Waals surface area contributed by atoms with Gasteiger partial charge in [-0.15, -0.1) is 0 Å². The second kappa shape index (κ2) is 8.15. The van der Waals surface area contributed by atoms with Crippen molar-refractivity contribution >= 4 is 23.3 Å². The van der Waals surface area contributed by atoms with Gasteiger partial charge in [-0.2, -0.15) is 0 Å². The maximum absolute atomic E-state index is 13.8. The van der Waals surface area contributed by atoms with Gasteiger partial charge in [0.1, 0.15) is 12.4 Å². The van der Waals surface area contributed by atoms with Gasteiger partial charge in [0.15, 0.2) is 11.4 Å². The molecule has 0 aliphatic heterocycles. The van der Waals surface area contributed by atoms with E-state index in [1.54, 1.807) is 6.08 Å². The first-order chi connectivity index (χ1) is 15.5. The van der Waals surface area contributed by atoms with Crippen LogP contribution in [0, 0.1) is 34.5 Å². The molecule has 0 unspecified atom stereocenters. The fourth-order valence-corrected chi connectivity index (χ4v) is 7.36. The summed E-state index contributed by atoms with van der Waals surface area (Å²) >= 11 is 0. The number of ketones is 3. The standard InChI is InChI=1S/C27H34O6/c1-5-6-7-23(32)33-27(22(31)15-28)16(2)12-20-19-9-8-17-13-18(29)10-11-25(17,3)24(19)21(30)14-26(20,27)4/h8-11,13,16,19-20,24,28H,5-7,12,14-15H2,1-4H3/t16-,19+,20+,24-,25+,26+,27-/m1/s1. The number of Topliss-reactive ketones (excluding diaryl/α,β-unsaturated/α-hetero) is 2. The first-order valence-electron chi connectivity index (χ1n) is 12.1. The lowest BCUT2D eigenvalue weighted by Gasteiger charge is -2.55. The topological polar surface area (TPSA) is 97.7 Å². The van der Waals surface area contributed by atoms with Crippen molar-refractivity contribution < 1.29 is 29.0 Å². The Morgan fingerprint density at radius 3 is 2.61 bits per heavy atom. The first-order valence-corrected chi connectivity index (χ1v) is 12.1. The predicted octanol–water partition coefficient (Wildman–Crippen LogP) is 3.53. The van der Waals surface area contributed by atoms with Crippen LogP contribution in [0.5, 0.6) is 0 Å². The van der Waals surface area contributed by atoms with E-state index in [0.717, 1.165) is 12.0 Å². The van der Waals surface area contributed by atoms with E-state index in [4.69, 9.17) is 4.74 Å². The maximum atomic E-state index is 13.8. The highest BCUT2D eigenvalue weighted by Crippen LogP contribution is 2.67. The van der Waals surface area contributed by atoms with Gasteiger partial charge in [0, 0.05) is 35.5 Å². The van der Waals surface area contributed by atoms with Crippen LogP contribution in [-0.4, -0.2) is 40.6 Å². The molecule has 6 nitrogen and oxygen atoms in total. The van der Waals surface area contributed by atoms with Crippen molar-refractivity contribution in [3.63, 3.8) is 0 Å². The molecule has 2 saturated carbocycles. The quantitative estimate of drug-likeness (QED) is 0.617.